The molecule has 0 aromatic heterocycles. The maximum atomic E-state index is 11.8. The molecule has 0 saturated heterocycles. The molecule has 0 unspecified atom stereocenters. The third-order valence-electron chi connectivity index (χ3n) is 2.74. The summed E-state index contributed by atoms with van der Waals surface area (Å²) in [6, 6.07) is 11.3. The number of methoxy groups -OCH3 is 1. The summed E-state index contributed by atoms with van der Waals surface area (Å²) < 4.78 is 15.5. The van der Waals surface area contributed by atoms with Crippen LogP contribution in [0.4, 0.5) is 0 Å². The minimum atomic E-state index is -0.650. The number of carbonyl (C=O) groups excluding carboxylic acids is 2. The molecule has 0 bridgehead atoms. The summed E-state index contributed by atoms with van der Waals surface area (Å²) in [6.07, 6.45) is 0.588. The molecule has 0 aliphatic carbocycles. The van der Waals surface area contributed by atoms with Gasteiger partial charge in [-0.15, -0.1) is 0 Å². The van der Waals surface area contributed by atoms with Crippen LogP contribution in [-0.2, 0) is 4.79 Å². The van der Waals surface area contributed by atoms with E-state index in [-0.39, 0.29) is 17.9 Å². The lowest BCUT2D eigenvalue weighted by atomic mass is 10.2. The molecule has 0 amide bonds. The largest absolute Gasteiger partial charge is 0.493 e. The van der Waals surface area contributed by atoms with Crippen LogP contribution in [0.5, 0.6) is 17.2 Å². The molecule has 0 fully saturated rings. The highest BCUT2D eigenvalue weighted by atomic mass is 35.5. The highest BCUT2D eigenvalue weighted by Crippen LogP contribution is 2.30. The molecule has 0 heterocycles. The van der Waals surface area contributed by atoms with Crippen molar-refractivity contribution >= 4 is 23.9 Å². The number of halogens is 1. The van der Waals surface area contributed by atoms with Gasteiger partial charge in [0.1, 0.15) is 5.75 Å². The molecule has 0 aliphatic rings. The smallest absolute Gasteiger partial charge is 0.349 e. The summed E-state index contributed by atoms with van der Waals surface area (Å²) >= 11 is 5.75. The van der Waals surface area contributed by atoms with E-state index < -0.39 is 5.97 Å². The van der Waals surface area contributed by atoms with E-state index in [4.69, 9.17) is 25.8 Å². The van der Waals surface area contributed by atoms with Gasteiger partial charge in [-0.2, -0.15) is 0 Å². The number of hydrogen-bond donors (Lipinski definition) is 0. The fraction of sp³-hybridized carbons (Fsp3) is 0.125. The zero-order valence-electron chi connectivity index (χ0n) is 11.7. The van der Waals surface area contributed by atoms with E-state index >= 15 is 0 Å². The predicted molar refractivity (Wildman–Crippen MR) is 81.0 cm³/mol. The Balaban J connectivity index is 2.03. The van der Waals surface area contributed by atoms with Gasteiger partial charge in [0.25, 0.3) is 0 Å². The quantitative estimate of drug-likeness (QED) is 0.465. The Bertz CT molecular complexity index is 667. The van der Waals surface area contributed by atoms with Gasteiger partial charge in [0.05, 0.1) is 12.7 Å². The van der Waals surface area contributed by atoms with E-state index in [1.165, 1.54) is 13.2 Å². The van der Waals surface area contributed by atoms with Crippen molar-refractivity contribution in [3.8, 4) is 17.2 Å². The first-order valence-electron chi connectivity index (χ1n) is 6.35. The topological polar surface area (TPSA) is 61.8 Å². The van der Waals surface area contributed by atoms with Gasteiger partial charge in [-0.1, -0.05) is 17.7 Å². The van der Waals surface area contributed by atoms with Crippen LogP contribution < -0.4 is 14.2 Å². The summed E-state index contributed by atoms with van der Waals surface area (Å²) in [4.78, 5) is 22.8. The molecule has 0 atom stereocenters. The summed E-state index contributed by atoms with van der Waals surface area (Å²) in [5, 5.41) is 0.569. The number of benzene rings is 2. The average Bonchev–Trinajstić information content (AvgIpc) is 2.54. The fourth-order valence-electron chi connectivity index (χ4n) is 1.71. The van der Waals surface area contributed by atoms with Gasteiger partial charge < -0.3 is 14.2 Å². The Morgan fingerprint density at radius 2 is 1.91 bits per heavy atom. The van der Waals surface area contributed by atoms with Crippen LogP contribution >= 0.6 is 11.6 Å². The summed E-state index contributed by atoms with van der Waals surface area (Å²) in [7, 11) is 1.42. The Morgan fingerprint density at radius 3 is 2.55 bits per heavy atom. The first-order chi connectivity index (χ1) is 10.6. The van der Waals surface area contributed by atoms with Crippen molar-refractivity contribution in [1.82, 2.24) is 0 Å². The van der Waals surface area contributed by atoms with Gasteiger partial charge in [-0.05, 0) is 36.4 Å². The summed E-state index contributed by atoms with van der Waals surface area (Å²) in [6.45, 7) is -0.308. The Morgan fingerprint density at radius 1 is 1.18 bits per heavy atom. The molecule has 5 nitrogen and oxygen atoms in total. The van der Waals surface area contributed by atoms with Crippen molar-refractivity contribution < 1.29 is 23.8 Å². The Kier molecular flexibility index (Phi) is 5.38. The van der Waals surface area contributed by atoms with Crippen molar-refractivity contribution in [3.05, 3.63) is 53.1 Å². The van der Waals surface area contributed by atoms with Crippen molar-refractivity contribution in [2.45, 2.75) is 0 Å². The molecule has 0 saturated carbocycles. The van der Waals surface area contributed by atoms with Crippen LogP contribution in [0, 0.1) is 0 Å². The standard InChI is InChI=1S/C16H13ClO5/c1-20-14-4-2-3-11(9-18)16(14)22-15(19)10-21-13-7-5-12(17)6-8-13/h2-9H,10H2,1H3. The SMILES string of the molecule is COc1cccc(C=O)c1OC(=O)COc1ccc(Cl)cc1. The molecular formula is C16H13ClO5. The normalized spacial score (nSPS) is 9.91. The number of aldehydes is 1. The molecule has 0 aliphatic heterocycles. The van der Waals surface area contributed by atoms with Crippen LogP contribution in [0.1, 0.15) is 10.4 Å². The van der Waals surface area contributed by atoms with Crippen molar-refractivity contribution in [2.75, 3.05) is 13.7 Å². The van der Waals surface area contributed by atoms with Crippen molar-refractivity contribution in [2.24, 2.45) is 0 Å². The lowest BCUT2D eigenvalue weighted by molar-refractivity contribution is -0.136. The zero-order chi connectivity index (χ0) is 15.9. The third kappa shape index (κ3) is 3.99. The van der Waals surface area contributed by atoms with Gasteiger partial charge >= 0.3 is 5.97 Å². The maximum absolute atomic E-state index is 11.8. The maximum Gasteiger partial charge on any atom is 0.349 e. The van der Waals surface area contributed by atoms with Gasteiger partial charge in [0, 0.05) is 5.02 Å². The molecule has 114 valence electrons. The summed E-state index contributed by atoms with van der Waals surface area (Å²) in [5.41, 5.74) is 0.221. The lowest BCUT2D eigenvalue weighted by Crippen LogP contribution is -2.18. The van der Waals surface area contributed by atoms with Crippen molar-refractivity contribution in [1.29, 1.82) is 0 Å². The Hall–Kier alpha value is -2.53. The minimum Gasteiger partial charge on any atom is -0.493 e. The second-order valence-corrected chi connectivity index (χ2v) is 4.65. The lowest BCUT2D eigenvalue weighted by Gasteiger charge is -2.11. The summed E-state index contributed by atoms with van der Waals surface area (Å²) in [5.74, 6) is 0.202. The molecule has 6 heteroatoms. The molecule has 0 N–H and O–H groups in total. The number of ether oxygens (including phenoxy) is 3. The number of hydrogen-bond acceptors (Lipinski definition) is 5. The second-order valence-electron chi connectivity index (χ2n) is 4.21. The Labute approximate surface area is 132 Å². The molecule has 0 radical (unpaired) electrons. The molecule has 2 rings (SSSR count). The van der Waals surface area contributed by atoms with Crippen LogP contribution in [0.15, 0.2) is 42.5 Å². The van der Waals surface area contributed by atoms with Crippen LogP contribution in [-0.4, -0.2) is 26.0 Å². The second kappa shape index (κ2) is 7.47. The minimum absolute atomic E-state index is 0.0738. The van der Waals surface area contributed by atoms with Gasteiger partial charge in [0.15, 0.2) is 24.4 Å². The fourth-order valence-corrected chi connectivity index (χ4v) is 1.84. The predicted octanol–water partition coefficient (Wildman–Crippen LogP) is 3.15. The number of para-hydroxylation sites is 1. The molecule has 2 aromatic rings. The number of rotatable bonds is 6. The van der Waals surface area contributed by atoms with Gasteiger partial charge in [-0.3, -0.25) is 4.79 Å². The van der Waals surface area contributed by atoms with E-state index in [1.54, 1.807) is 36.4 Å². The first-order valence-corrected chi connectivity index (χ1v) is 6.73. The molecular weight excluding hydrogens is 308 g/mol. The van der Waals surface area contributed by atoms with E-state index in [0.717, 1.165) is 0 Å². The molecule has 0 spiro atoms. The monoisotopic (exact) mass is 320 g/mol. The first kappa shape index (κ1) is 15.9. The van der Waals surface area contributed by atoms with E-state index in [2.05, 4.69) is 0 Å². The average molecular weight is 321 g/mol. The number of carbonyl (C=O) groups is 2. The van der Waals surface area contributed by atoms with Gasteiger partial charge in [0.2, 0.25) is 0 Å². The van der Waals surface area contributed by atoms with Crippen LogP contribution in [0.2, 0.25) is 5.02 Å². The van der Waals surface area contributed by atoms with E-state index in [0.29, 0.717) is 22.8 Å². The van der Waals surface area contributed by atoms with Crippen LogP contribution in [0.3, 0.4) is 0 Å². The van der Waals surface area contributed by atoms with Gasteiger partial charge in [-0.25, -0.2) is 4.79 Å². The van der Waals surface area contributed by atoms with E-state index in [1.807, 2.05) is 0 Å². The van der Waals surface area contributed by atoms with Crippen LogP contribution in [0.25, 0.3) is 0 Å². The highest BCUT2D eigenvalue weighted by Gasteiger charge is 2.15. The van der Waals surface area contributed by atoms with E-state index in [9.17, 15) is 9.59 Å². The zero-order valence-corrected chi connectivity index (χ0v) is 12.5. The highest BCUT2D eigenvalue weighted by molar-refractivity contribution is 6.30. The van der Waals surface area contributed by atoms with Crippen molar-refractivity contribution in [3.63, 3.8) is 0 Å². The molecule has 22 heavy (non-hydrogen) atoms. The molecule has 2 aromatic carbocycles. The third-order valence-corrected chi connectivity index (χ3v) is 2.99. The number of esters is 1.